The van der Waals surface area contributed by atoms with Gasteiger partial charge >= 0.3 is 6.03 Å². The van der Waals surface area contributed by atoms with Gasteiger partial charge in [0.15, 0.2) is 0 Å². The van der Waals surface area contributed by atoms with Crippen molar-refractivity contribution in [2.45, 2.75) is 24.9 Å². The molecule has 8 heteroatoms. The Kier molecular flexibility index (Phi) is 4.50. The summed E-state index contributed by atoms with van der Waals surface area (Å²) in [5.74, 6) is -0.614. The molecule has 8 nitrogen and oxygen atoms in total. The summed E-state index contributed by atoms with van der Waals surface area (Å²) >= 11 is 0. The molecule has 1 unspecified atom stereocenters. The quantitative estimate of drug-likeness (QED) is 0.731. The predicted octanol–water partition coefficient (Wildman–Crippen LogP) is 1.15. The Morgan fingerprint density at radius 3 is 2.58 bits per heavy atom. The maximum Gasteiger partial charge on any atom is 0.325 e. The molecule has 2 aromatic carbocycles. The molecule has 0 aromatic heterocycles. The Bertz CT molecular complexity index is 1100. The number of carbonyl (C=O) groups is 4. The third kappa shape index (κ3) is 3.15. The highest BCUT2D eigenvalue weighted by molar-refractivity contribution is 6.08. The van der Waals surface area contributed by atoms with E-state index >= 15 is 0 Å². The first-order chi connectivity index (χ1) is 15.0. The number of aryl methyl sites for hydroxylation is 1. The van der Waals surface area contributed by atoms with Crippen LogP contribution in [0.1, 0.15) is 33.5 Å². The van der Waals surface area contributed by atoms with Gasteiger partial charge in [0, 0.05) is 18.7 Å². The third-order valence-electron chi connectivity index (χ3n) is 6.29. The second kappa shape index (κ2) is 7.23. The summed E-state index contributed by atoms with van der Waals surface area (Å²) < 4.78 is 0. The molecule has 31 heavy (non-hydrogen) atoms. The van der Waals surface area contributed by atoms with Crippen molar-refractivity contribution >= 4 is 23.8 Å². The number of hydrogen-bond acceptors (Lipinski definition) is 4. The van der Waals surface area contributed by atoms with Crippen LogP contribution in [0, 0.1) is 0 Å². The maximum absolute atomic E-state index is 13.3. The fraction of sp³-hybridized carbons (Fsp3) is 0.304. The molecule has 0 bridgehead atoms. The van der Waals surface area contributed by atoms with Gasteiger partial charge in [0.05, 0.1) is 13.1 Å². The lowest BCUT2D eigenvalue weighted by Gasteiger charge is -2.26. The van der Waals surface area contributed by atoms with E-state index in [-0.39, 0.29) is 30.8 Å². The van der Waals surface area contributed by atoms with Gasteiger partial charge in [-0.2, -0.15) is 0 Å². The Morgan fingerprint density at radius 1 is 1.03 bits per heavy atom. The first-order valence-corrected chi connectivity index (χ1v) is 10.4. The Morgan fingerprint density at radius 2 is 1.81 bits per heavy atom. The minimum absolute atomic E-state index is 0.0482. The Hall–Kier alpha value is -3.68. The van der Waals surface area contributed by atoms with Crippen LogP contribution < -0.4 is 10.6 Å². The monoisotopic (exact) mass is 418 g/mol. The summed E-state index contributed by atoms with van der Waals surface area (Å²) in [4.78, 5) is 52.8. The van der Waals surface area contributed by atoms with E-state index in [4.69, 9.17) is 0 Å². The zero-order chi connectivity index (χ0) is 21.6. The second-order valence-electron chi connectivity index (χ2n) is 8.16. The van der Waals surface area contributed by atoms with Gasteiger partial charge in [-0.05, 0) is 41.7 Å². The van der Waals surface area contributed by atoms with E-state index in [1.165, 1.54) is 9.80 Å². The zero-order valence-corrected chi connectivity index (χ0v) is 16.9. The highest BCUT2D eigenvalue weighted by Gasteiger charge is 2.55. The van der Waals surface area contributed by atoms with Crippen molar-refractivity contribution in [3.8, 4) is 0 Å². The smallest absolute Gasteiger partial charge is 0.325 e. The molecule has 2 heterocycles. The standard InChI is InChI=1S/C23H22N4O4/c28-19-14-26(12-11-24-19)20(29)17-7-5-15(6-8-17)13-27-21(30)23(25-22(27)31)10-9-16-3-1-2-4-18(16)23/h1-8H,9-14H2,(H,24,28)(H,25,31). The van der Waals surface area contributed by atoms with Gasteiger partial charge in [-0.3, -0.25) is 19.3 Å². The lowest BCUT2D eigenvalue weighted by molar-refractivity contribution is -0.132. The fourth-order valence-corrected chi connectivity index (χ4v) is 4.66. The second-order valence-corrected chi connectivity index (χ2v) is 8.16. The molecular formula is C23H22N4O4. The number of fused-ring (bicyclic) bond motifs is 2. The van der Waals surface area contributed by atoms with Gasteiger partial charge in [0.2, 0.25) is 5.91 Å². The average Bonchev–Trinajstić information content (AvgIpc) is 3.27. The number of imide groups is 1. The van der Waals surface area contributed by atoms with Crippen LogP contribution in [0.4, 0.5) is 4.79 Å². The van der Waals surface area contributed by atoms with Crippen LogP contribution in [-0.4, -0.2) is 53.2 Å². The number of nitrogens with zero attached hydrogens (tertiary/aromatic N) is 2. The molecule has 2 aliphatic heterocycles. The van der Waals surface area contributed by atoms with E-state index in [1.807, 2.05) is 24.3 Å². The highest BCUT2D eigenvalue weighted by atomic mass is 16.2. The summed E-state index contributed by atoms with van der Waals surface area (Å²) in [6.07, 6.45) is 1.31. The number of nitrogens with one attached hydrogen (secondary N) is 2. The third-order valence-corrected chi connectivity index (χ3v) is 6.29. The fourth-order valence-electron chi connectivity index (χ4n) is 4.66. The van der Waals surface area contributed by atoms with E-state index < -0.39 is 11.6 Å². The molecule has 0 saturated carbocycles. The van der Waals surface area contributed by atoms with E-state index in [1.54, 1.807) is 24.3 Å². The lowest BCUT2D eigenvalue weighted by Crippen LogP contribution is -2.49. The number of urea groups is 1. The van der Waals surface area contributed by atoms with E-state index in [0.717, 1.165) is 23.1 Å². The molecule has 3 aliphatic rings. The number of amides is 5. The van der Waals surface area contributed by atoms with Crippen LogP contribution >= 0.6 is 0 Å². The summed E-state index contributed by atoms with van der Waals surface area (Å²) in [7, 11) is 0. The largest absolute Gasteiger partial charge is 0.353 e. The highest BCUT2D eigenvalue weighted by Crippen LogP contribution is 2.41. The molecule has 2 saturated heterocycles. The van der Waals surface area contributed by atoms with Gasteiger partial charge in [-0.15, -0.1) is 0 Å². The van der Waals surface area contributed by atoms with Crippen LogP contribution in [-0.2, 0) is 28.1 Å². The number of hydrogen-bond donors (Lipinski definition) is 2. The summed E-state index contributed by atoms with van der Waals surface area (Å²) in [6, 6.07) is 14.1. The summed E-state index contributed by atoms with van der Waals surface area (Å²) in [5.41, 5.74) is 2.21. The molecule has 2 aromatic rings. The zero-order valence-electron chi connectivity index (χ0n) is 16.9. The van der Waals surface area contributed by atoms with Crippen LogP contribution in [0.3, 0.4) is 0 Å². The van der Waals surface area contributed by atoms with Gasteiger partial charge < -0.3 is 15.5 Å². The molecule has 1 spiro atoms. The molecule has 158 valence electrons. The molecule has 2 fully saturated rings. The molecule has 5 amide bonds. The first-order valence-electron chi connectivity index (χ1n) is 10.4. The number of piperazine rings is 1. The molecule has 0 radical (unpaired) electrons. The van der Waals surface area contributed by atoms with Gasteiger partial charge in [-0.1, -0.05) is 36.4 Å². The molecule has 2 N–H and O–H groups in total. The topological polar surface area (TPSA) is 98.8 Å². The van der Waals surface area contributed by atoms with Crippen molar-refractivity contribution < 1.29 is 19.2 Å². The minimum Gasteiger partial charge on any atom is -0.353 e. The van der Waals surface area contributed by atoms with Gasteiger partial charge in [0.1, 0.15) is 5.54 Å². The SMILES string of the molecule is O=C1CN(C(=O)c2ccc(CN3C(=O)NC4(CCc5ccccc54)C3=O)cc2)CCN1. The number of rotatable bonds is 3. The van der Waals surface area contributed by atoms with Crippen LogP contribution in [0.15, 0.2) is 48.5 Å². The maximum atomic E-state index is 13.3. The molecular weight excluding hydrogens is 396 g/mol. The van der Waals surface area contributed by atoms with Crippen molar-refractivity contribution in [2.75, 3.05) is 19.6 Å². The van der Waals surface area contributed by atoms with E-state index in [0.29, 0.717) is 25.1 Å². The van der Waals surface area contributed by atoms with Crippen LogP contribution in [0.25, 0.3) is 0 Å². The number of carbonyl (C=O) groups excluding carboxylic acids is 4. The Balaban J connectivity index is 1.32. The van der Waals surface area contributed by atoms with Crippen molar-refractivity contribution in [1.82, 2.24) is 20.4 Å². The van der Waals surface area contributed by atoms with Gasteiger partial charge in [0.25, 0.3) is 11.8 Å². The van der Waals surface area contributed by atoms with Gasteiger partial charge in [-0.25, -0.2) is 4.79 Å². The summed E-state index contributed by atoms with van der Waals surface area (Å²) in [6.45, 7) is 1.10. The molecule has 5 rings (SSSR count). The van der Waals surface area contributed by atoms with Crippen molar-refractivity contribution in [3.05, 3.63) is 70.8 Å². The van der Waals surface area contributed by atoms with E-state index in [9.17, 15) is 19.2 Å². The van der Waals surface area contributed by atoms with E-state index in [2.05, 4.69) is 10.6 Å². The van der Waals surface area contributed by atoms with Crippen molar-refractivity contribution in [1.29, 1.82) is 0 Å². The number of benzene rings is 2. The first kappa shape index (κ1) is 19.3. The van der Waals surface area contributed by atoms with Crippen LogP contribution in [0.5, 0.6) is 0 Å². The summed E-state index contributed by atoms with van der Waals surface area (Å²) in [5, 5.41) is 5.62. The lowest BCUT2D eigenvalue weighted by atomic mass is 9.92. The van der Waals surface area contributed by atoms with Crippen molar-refractivity contribution in [2.24, 2.45) is 0 Å². The molecule has 1 aliphatic carbocycles. The predicted molar refractivity (Wildman–Crippen MR) is 111 cm³/mol. The minimum atomic E-state index is -0.974. The average molecular weight is 418 g/mol. The van der Waals surface area contributed by atoms with Crippen molar-refractivity contribution in [3.63, 3.8) is 0 Å². The normalized spacial score (nSPS) is 22.5. The Labute approximate surface area is 179 Å². The molecule has 1 atom stereocenters. The van der Waals surface area contributed by atoms with Crippen LogP contribution in [0.2, 0.25) is 0 Å².